The third-order valence-corrected chi connectivity index (χ3v) is 12.9. The topological polar surface area (TPSA) is 99.4 Å². The summed E-state index contributed by atoms with van der Waals surface area (Å²) in [4.78, 5) is 27.6. The lowest BCUT2D eigenvalue weighted by atomic mass is 9.33. The fourth-order valence-electron chi connectivity index (χ4n) is 10.6. The lowest BCUT2D eigenvalue weighted by Crippen LogP contribution is -2.72. The second-order valence-corrected chi connectivity index (χ2v) is 15.8. The van der Waals surface area contributed by atoms with Gasteiger partial charge in [0.05, 0.1) is 23.3 Å². The first kappa shape index (κ1) is 31.7. The van der Waals surface area contributed by atoms with Crippen molar-refractivity contribution in [3.05, 3.63) is 64.9 Å². The average molecular weight is 656 g/mol. The molecular weight excluding hydrogens is 605 g/mol. The first-order valence-electron chi connectivity index (χ1n) is 18.3. The minimum absolute atomic E-state index is 0.0123. The van der Waals surface area contributed by atoms with Crippen LogP contribution < -0.4 is 10.2 Å². The Bertz CT molecular complexity index is 1630. The number of aromatic nitrogens is 4. The summed E-state index contributed by atoms with van der Waals surface area (Å²) in [5.74, 6) is 1.02. The van der Waals surface area contributed by atoms with Crippen LogP contribution in [0.15, 0.2) is 36.7 Å². The molecule has 0 radical (unpaired) electrons. The van der Waals surface area contributed by atoms with Gasteiger partial charge >= 0.3 is 5.97 Å². The number of hydrogen-bond donors (Lipinski definition) is 2. The van der Waals surface area contributed by atoms with Crippen LogP contribution in [0.3, 0.4) is 0 Å². The standard InChI is InChI=1S/C38H50FN7O2/c1-4-33(37-21-38(22-37,23-37)35(47)48)45(3)36-42-31-16-13-25(24-11-14-27(39)15-12-24)17-30(31)34(43-36)41-32(26-18-40-44(2)19-26)20-46-28-7-5-8-29(46)10-6-9-28/h11-12,14-15,18-19,25,28-29,32-33H,4-10,13,16-17,20-23H2,1-3H3,(H,47,48)(H,41,42,43)/t25-,28?,29?,32+,33-,37?,38?/m1/s1. The van der Waals surface area contributed by atoms with Crippen LogP contribution in [-0.2, 0) is 24.7 Å². The highest BCUT2D eigenvalue weighted by Gasteiger charge is 2.74. The van der Waals surface area contributed by atoms with E-state index in [4.69, 9.17) is 9.97 Å². The van der Waals surface area contributed by atoms with Crippen LogP contribution in [0.25, 0.3) is 0 Å². The zero-order valence-corrected chi connectivity index (χ0v) is 28.7. The van der Waals surface area contributed by atoms with E-state index in [0.717, 1.165) is 85.6 Å². The Morgan fingerprint density at radius 3 is 2.38 bits per heavy atom. The molecule has 2 saturated heterocycles. The van der Waals surface area contributed by atoms with Crippen molar-refractivity contribution in [1.82, 2.24) is 24.6 Å². The fourth-order valence-corrected chi connectivity index (χ4v) is 10.6. The Morgan fingerprint density at radius 2 is 1.77 bits per heavy atom. The van der Waals surface area contributed by atoms with Crippen molar-refractivity contribution in [2.45, 2.75) is 120 Å². The van der Waals surface area contributed by atoms with Crippen LogP contribution >= 0.6 is 0 Å². The summed E-state index contributed by atoms with van der Waals surface area (Å²) < 4.78 is 15.7. The Morgan fingerprint density at radius 1 is 1.08 bits per heavy atom. The molecule has 6 aliphatic rings. The number of hydrogen-bond acceptors (Lipinski definition) is 7. The second-order valence-electron chi connectivity index (χ2n) is 15.8. The second kappa shape index (κ2) is 12.1. The van der Waals surface area contributed by atoms with Crippen LogP contribution in [-0.4, -0.2) is 67.4 Å². The lowest BCUT2D eigenvalue weighted by Gasteiger charge is -2.71. The van der Waals surface area contributed by atoms with Gasteiger partial charge in [-0.05, 0) is 99.7 Å². The summed E-state index contributed by atoms with van der Waals surface area (Å²) in [6.45, 7) is 3.11. The molecule has 0 spiro atoms. The number of carbonyl (C=O) groups is 1. The number of halogens is 1. The molecule has 3 atom stereocenters. The Hall–Kier alpha value is -3.53. The zero-order chi connectivity index (χ0) is 33.2. The van der Waals surface area contributed by atoms with E-state index in [0.29, 0.717) is 12.1 Å². The van der Waals surface area contributed by atoms with Crippen molar-refractivity contribution in [3.63, 3.8) is 0 Å². The number of nitrogens with one attached hydrogen (secondary N) is 1. The van der Waals surface area contributed by atoms with Gasteiger partial charge in [0.1, 0.15) is 11.6 Å². The van der Waals surface area contributed by atoms with Gasteiger partial charge in [-0.1, -0.05) is 31.9 Å². The number of benzene rings is 1. The molecule has 2 aliphatic heterocycles. The van der Waals surface area contributed by atoms with Crippen LogP contribution in [0.2, 0.25) is 0 Å². The fraction of sp³-hybridized carbons (Fsp3) is 0.632. The molecule has 9 nitrogen and oxygen atoms in total. The quantitative estimate of drug-likeness (QED) is 0.237. The summed E-state index contributed by atoms with van der Waals surface area (Å²) >= 11 is 0. The minimum Gasteiger partial charge on any atom is -0.481 e. The highest BCUT2D eigenvalue weighted by molar-refractivity contribution is 5.79. The first-order valence-corrected chi connectivity index (χ1v) is 18.3. The van der Waals surface area contributed by atoms with Gasteiger partial charge < -0.3 is 15.3 Å². The molecule has 2 aromatic heterocycles. The molecule has 2 N–H and O–H groups in total. The SMILES string of the molecule is CC[C@@H](N(C)c1nc2c(c(N[C@@H](CN3C4CCCC3CCC4)c3cnn(C)c3)n1)C[C@H](c1ccc(F)cc1)CC2)C12CC(C(=O)O)(C1)C2. The van der Waals surface area contributed by atoms with Crippen molar-refractivity contribution >= 4 is 17.7 Å². The first-order chi connectivity index (χ1) is 23.2. The normalized spacial score (nSPS) is 30.4. The van der Waals surface area contributed by atoms with E-state index in [1.807, 2.05) is 30.1 Å². The van der Waals surface area contributed by atoms with Gasteiger partial charge in [-0.3, -0.25) is 14.4 Å². The van der Waals surface area contributed by atoms with Crippen LogP contribution in [0.4, 0.5) is 16.2 Å². The van der Waals surface area contributed by atoms with E-state index in [2.05, 4.69) is 40.4 Å². The summed E-state index contributed by atoms with van der Waals surface area (Å²) in [5.41, 5.74) is 4.06. The maximum Gasteiger partial charge on any atom is 0.309 e. The number of fused-ring (bicyclic) bond motifs is 3. The summed E-state index contributed by atoms with van der Waals surface area (Å²) in [6, 6.07) is 8.44. The van der Waals surface area contributed by atoms with Gasteiger partial charge in [-0.15, -0.1) is 0 Å². The number of anilines is 2. The predicted octanol–water partition coefficient (Wildman–Crippen LogP) is 6.65. The van der Waals surface area contributed by atoms with Crippen LogP contribution in [0, 0.1) is 16.6 Å². The third-order valence-electron chi connectivity index (χ3n) is 12.9. The van der Waals surface area contributed by atoms with E-state index in [9.17, 15) is 14.3 Å². The minimum atomic E-state index is -0.645. The molecule has 4 bridgehead atoms. The van der Waals surface area contributed by atoms with Crippen LogP contribution in [0.1, 0.15) is 112 Å². The van der Waals surface area contributed by atoms with Gasteiger partial charge in [-0.2, -0.15) is 10.1 Å². The number of rotatable bonds is 11. The summed E-state index contributed by atoms with van der Waals surface area (Å²) in [5, 5.41) is 18.4. The Labute approximate surface area is 283 Å². The summed E-state index contributed by atoms with van der Waals surface area (Å²) in [6.07, 6.45) is 17.6. The third kappa shape index (κ3) is 5.38. The van der Waals surface area contributed by atoms with Crippen molar-refractivity contribution in [2.24, 2.45) is 17.9 Å². The molecule has 256 valence electrons. The van der Waals surface area contributed by atoms with Gasteiger partial charge in [-0.25, -0.2) is 9.37 Å². The monoisotopic (exact) mass is 655 g/mol. The molecule has 4 heterocycles. The molecule has 0 unspecified atom stereocenters. The maximum atomic E-state index is 13.9. The smallest absolute Gasteiger partial charge is 0.309 e. The maximum absolute atomic E-state index is 13.9. The largest absolute Gasteiger partial charge is 0.481 e. The Balaban J connectivity index is 1.15. The molecule has 4 aliphatic carbocycles. The number of carboxylic acid groups (broad SMARTS) is 1. The molecule has 48 heavy (non-hydrogen) atoms. The van der Waals surface area contributed by atoms with Crippen molar-refractivity contribution in [1.29, 1.82) is 0 Å². The van der Waals surface area contributed by atoms with E-state index in [1.165, 1.54) is 38.5 Å². The highest BCUT2D eigenvalue weighted by Crippen LogP contribution is 2.75. The van der Waals surface area contributed by atoms with Crippen molar-refractivity contribution in [2.75, 3.05) is 23.8 Å². The molecular formula is C38H50FN7O2. The Kier molecular flexibility index (Phi) is 8.00. The van der Waals surface area contributed by atoms with Gasteiger partial charge in [0.25, 0.3) is 0 Å². The van der Waals surface area contributed by atoms with Crippen molar-refractivity contribution < 1.29 is 14.3 Å². The number of nitrogens with zero attached hydrogens (tertiary/aromatic N) is 6. The number of carboxylic acids is 1. The molecule has 1 aromatic carbocycles. The van der Waals surface area contributed by atoms with Gasteiger partial charge in [0.2, 0.25) is 5.95 Å². The molecule has 0 amide bonds. The molecule has 3 saturated carbocycles. The van der Waals surface area contributed by atoms with E-state index >= 15 is 0 Å². The van der Waals surface area contributed by atoms with Crippen molar-refractivity contribution in [3.8, 4) is 0 Å². The van der Waals surface area contributed by atoms with E-state index in [1.54, 1.807) is 12.1 Å². The van der Waals surface area contributed by atoms with Crippen LogP contribution in [0.5, 0.6) is 0 Å². The number of aryl methyl sites for hydroxylation is 2. The number of aliphatic carboxylic acids is 1. The van der Waals surface area contributed by atoms with E-state index < -0.39 is 11.4 Å². The molecule has 10 heteroatoms. The molecule has 5 fully saturated rings. The summed E-state index contributed by atoms with van der Waals surface area (Å²) in [7, 11) is 4.08. The van der Waals surface area contributed by atoms with Gasteiger partial charge in [0.15, 0.2) is 0 Å². The van der Waals surface area contributed by atoms with Gasteiger partial charge in [0, 0.05) is 56.1 Å². The molecule has 9 rings (SSSR count). The average Bonchev–Trinajstić information content (AvgIpc) is 3.47. The van der Waals surface area contributed by atoms with E-state index in [-0.39, 0.29) is 29.2 Å². The predicted molar refractivity (Wildman–Crippen MR) is 184 cm³/mol. The zero-order valence-electron chi connectivity index (χ0n) is 28.7. The highest BCUT2D eigenvalue weighted by atomic mass is 19.1. The lowest BCUT2D eigenvalue weighted by molar-refractivity contribution is -0.230. The molecule has 3 aromatic rings. The number of piperidine rings is 2.